The van der Waals surface area contributed by atoms with Gasteiger partial charge in [0.05, 0.1) is 6.61 Å². The van der Waals surface area contributed by atoms with Crippen LogP contribution in [0.2, 0.25) is 0 Å². The number of amidine groups is 1. The summed E-state index contributed by atoms with van der Waals surface area (Å²) in [5.41, 5.74) is 11.8. The Bertz CT molecular complexity index is 1380. The van der Waals surface area contributed by atoms with E-state index in [1.54, 1.807) is 7.11 Å². The zero-order valence-corrected chi connectivity index (χ0v) is 22.7. The van der Waals surface area contributed by atoms with Crippen molar-refractivity contribution in [3.63, 3.8) is 0 Å². The van der Waals surface area contributed by atoms with E-state index in [4.69, 9.17) is 25.8 Å². The van der Waals surface area contributed by atoms with Gasteiger partial charge in [-0.1, -0.05) is 31.2 Å². The maximum absolute atomic E-state index is 6.12. The fourth-order valence-corrected chi connectivity index (χ4v) is 5.54. The van der Waals surface area contributed by atoms with Crippen molar-refractivity contribution < 1.29 is 14.2 Å². The Morgan fingerprint density at radius 1 is 0.946 bits per heavy atom. The molecule has 0 fully saturated rings. The first-order valence-electron chi connectivity index (χ1n) is 12.4. The van der Waals surface area contributed by atoms with Gasteiger partial charge in [-0.25, -0.2) is 0 Å². The molecular formula is C30H35N3O3S. The summed E-state index contributed by atoms with van der Waals surface area (Å²) in [6, 6.07) is 21.0. The molecule has 4 aromatic rings. The zero-order chi connectivity index (χ0) is 26.4. The first-order chi connectivity index (χ1) is 17.9. The molecule has 1 aromatic heterocycles. The molecule has 4 rings (SSSR count). The number of hydrogen-bond acceptors (Lipinski definition) is 6. The van der Waals surface area contributed by atoms with Crippen LogP contribution in [0.5, 0.6) is 11.5 Å². The van der Waals surface area contributed by atoms with Gasteiger partial charge in [-0.05, 0) is 78.4 Å². The van der Waals surface area contributed by atoms with Gasteiger partial charge in [-0.2, -0.15) is 5.10 Å². The quantitative estimate of drug-likeness (QED) is 0.0777. The number of thiophene rings is 1. The number of hydrogen-bond donors (Lipinski definition) is 2. The molecule has 0 aliphatic heterocycles. The predicted molar refractivity (Wildman–Crippen MR) is 154 cm³/mol. The highest BCUT2D eigenvalue weighted by Crippen LogP contribution is 2.41. The van der Waals surface area contributed by atoms with Crippen LogP contribution < -0.4 is 21.1 Å². The van der Waals surface area contributed by atoms with Crippen LogP contribution in [-0.4, -0.2) is 26.2 Å². The first kappa shape index (κ1) is 26.5. The molecule has 0 amide bonds. The largest absolute Gasteiger partial charge is 0.491 e. The Morgan fingerprint density at radius 2 is 1.70 bits per heavy atom. The first-order valence-corrected chi connectivity index (χ1v) is 13.2. The van der Waals surface area contributed by atoms with Crippen LogP contribution in [0.15, 0.2) is 65.8 Å². The SMILES string of the molecule is COCCOc1ccc(-c2c(C)sc3ccc(COc4ccc(C(C)C/C(N)=N/N)cc4)cc23)c(C)c1. The van der Waals surface area contributed by atoms with Crippen LogP contribution in [0.1, 0.15) is 40.8 Å². The maximum atomic E-state index is 6.12. The van der Waals surface area contributed by atoms with E-state index in [1.165, 1.54) is 37.2 Å². The molecule has 4 N–H and O–H groups in total. The average Bonchev–Trinajstić information content (AvgIpc) is 3.22. The summed E-state index contributed by atoms with van der Waals surface area (Å²) in [6.07, 6.45) is 0.627. The van der Waals surface area contributed by atoms with Crippen molar-refractivity contribution in [3.8, 4) is 22.6 Å². The molecule has 0 saturated heterocycles. The van der Waals surface area contributed by atoms with E-state index in [0.29, 0.717) is 32.1 Å². The van der Waals surface area contributed by atoms with Crippen LogP contribution in [0.3, 0.4) is 0 Å². The van der Waals surface area contributed by atoms with Crippen LogP contribution in [0.25, 0.3) is 21.2 Å². The van der Waals surface area contributed by atoms with E-state index < -0.39 is 0 Å². The van der Waals surface area contributed by atoms with Crippen molar-refractivity contribution in [1.82, 2.24) is 0 Å². The summed E-state index contributed by atoms with van der Waals surface area (Å²) in [6.45, 7) is 8.04. The number of nitrogens with two attached hydrogens (primary N) is 2. The van der Waals surface area contributed by atoms with Crippen molar-refractivity contribution >= 4 is 27.3 Å². The van der Waals surface area contributed by atoms with E-state index >= 15 is 0 Å². The van der Waals surface area contributed by atoms with E-state index in [9.17, 15) is 0 Å². The second kappa shape index (κ2) is 12.1. The van der Waals surface area contributed by atoms with Crippen LogP contribution >= 0.6 is 11.3 Å². The van der Waals surface area contributed by atoms with Crippen molar-refractivity contribution in [3.05, 3.63) is 82.2 Å². The number of hydrazone groups is 1. The fraction of sp³-hybridized carbons (Fsp3) is 0.300. The highest BCUT2D eigenvalue weighted by atomic mass is 32.1. The lowest BCUT2D eigenvalue weighted by Crippen LogP contribution is -2.16. The second-order valence-corrected chi connectivity index (χ2v) is 10.5. The van der Waals surface area contributed by atoms with Gasteiger partial charge in [-0.3, -0.25) is 0 Å². The molecule has 0 aliphatic carbocycles. The van der Waals surface area contributed by atoms with Gasteiger partial charge in [0.25, 0.3) is 0 Å². The third-order valence-electron chi connectivity index (χ3n) is 6.49. The lowest BCUT2D eigenvalue weighted by Gasteiger charge is -2.13. The second-order valence-electron chi connectivity index (χ2n) is 9.27. The molecule has 7 heteroatoms. The van der Waals surface area contributed by atoms with Crippen molar-refractivity contribution in [2.24, 2.45) is 16.7 Å². The number of nitrogens with zero attached hydrogens (tertiary/aromatic N) is 1. The lowest BCUT2D eigenvalue weighted by atomic mass is 9.97. The monoisotopic (exact) mass is 517 g/mol. The minimum atomic E-state index is 0.235. The molecule has 1 heterocycles. The molecule has 1 atom stereocenters. The van der Waals surface area contributed by atoms with E-state index in [0.717, 1.165) is 17.1 Å². The topological polar surface area (TPSA) is 92.1 Å². The summed E-state index contributed by atoms with van der Waals surface area (Å²) < 4.78 is 18.3. The lowest BCUT2D eigenvalue weighted by molar-refractivity contribution is 0.146. The number of methoxy groups -OCH3 is 1. The predicted octanol–water partition coefficient (Wildman–Crippen LogP) is 6.51. The Morgan fingerprint density at radius 3 is 2.41 bits per heavy atom. The van der Waals surface area contributed by atoms with Gasteiger partial charge in [0.15, 0.2) is 0 Å². The minimum absolute atomic E-state index is 0.235. The summed E-state index contributed by atoms with van der Waals surface area (Å²) in [7, 11) is 1.68. The molecule has 6 nitrogen and oxygen atoms in total. The summed E-state index contributed by atoms with van der Waals surface area (Å²) in [5.74, 6) is 7.64. The van der Waals surface area contributed by atoms with E-state index in [-0.39, 0.29) is 5.92 Å². The molecule has 0 bridgehead atoms. The number of benzene rings is 3. The molecule has 0 aliphatic rings. The fourth-order valence-electron chi connectivity index (χ4n) is 4.48. The zero-order valence-electron chi connectivity index (χ0n) is 21.9. The summed E-state index contributed by atoms with van der Waals surface area (Å²) in [4.78, 5) is 1.30. The maximum Gasteiger partial charge on any atom is 0.119 e. The standard InChI is InChI=1S/C30H35N3O3S/c1-19(16-29(31)33-32)23-6-8-24(9-7-23)36-18-22-5-12-28-27(17-22)30(21(3)37-28)26-11-10-25(15-20(26)2)35-14-13-34-4/h5-12,15,17,19H,13-14,16,18,32H2,1-4H3,(H2,31,33). The highest BCUT2D eigenvalue weighted by Gasteiger charge is 2.15. The Hall–Kier alpha value is -3.55. The van der Waals surface area contributed by atoms with Crippen molar-refractivity contribution in [2.45, 2.75) is 39.7 Å². The molecule has 1 unspecified atom stereocenters. The van der Waals surface area contributed by atoms with Gasteiger partial charge in [-0.15, -0.1) is 11.3 Å². The average molecular weight is 518 g/mol. The van der Waals surface area contributed by atoms with E-state index in [1.807, 2.05) is 29.5 Å². The van der Waals surface area contributed by atoms with Gasteiger partial charge in [0.2, 0.25) is 0 Å². The van der Waals surface area contributed by atoms with Crippen LogP contribution in [-0.2, 0) is 11.3 Å². The number of aryl methyl sites for hydroxylation is 2. The number of fused-ring (bicyclic) bond motifs is 1. The van der Waals surface area contributed by atoms with Gasteiger partial charge in [0.1, 0.15) is 30.5 Å². The van der Waals surface area contributed by atoms with Crippen molar-refractivity contribution in [2.75, 3.05) is 20.3 Å². The van der Waals surface area contributed by atoms with Crippen LogP contribution in [0.4, 0.5) is 0 Å². The Kier molecular flexibility index (Phi) is 8.69. The number of rotatable bonds is 11. The summed E-state index contributed by atoms with van der Waals surface area (Å²) in [5, 5.41) is 4.82. The molecule has 3 aromatic carbocycles. The third kappa shape index (κ3) is 6.42. The third-order valence-corrected chi connectivity index (χ3v) is 7.57. The van der Waals surface area contributed by atoms with Gasteiger partial charge < -0.3 is 25.8 Å². The van der Waals surface area contributed by atoms with Gasteiger partial charge >= 0.3 is 0 Å². The Balaban J connectivity index is 1.50. The minimum Gasteiger partial charge on any atom is -0.491 e. The smallest absolute Gasteiger partial charge is 0.119 e. The molecule has 0 spiro atoms. The molecular weight excluding hydrogens is 482 g/mol. The highest BCUT2D eigenvalue weighted by molar-refractivity contribution is 7.19. The van der Waals surface area contributed by atoms with Gasteiger partial charge in [0, 0.05) is 34.1 Å². The van der Waals surface area contributed by atoms with E-state index in [2.05, 4.69) is 68.3 Å². The van der Waals surface area contributed by atoms with Crippen molar-refractivity contribution in [1.29, 1.82) is 0 Å². The number of ether oxygens (including phenoxy) is 3. The molecule has 0 radical (unpaired) electrons. The van der Waals surface area contributed by atoms with Crippen LogP contribution in [0, 0.1) is 13.8 Å². The molecule has 0 saturated carbocycles. The summed E-state index contributed by atoms with van der Waals surface area (Å²) >= 11 is 1.82. The Labute approximate surface area is 222 Å². The normalized spacial score (nSPS) is 12.6. The molecule has 194 valence electrons. The molecule has 37 heavy (non-hydrogen) atoms.